The van der Waals surface area contributed by atoms with E-state index in [0.717, 1.165) is 0 Å². The van der Waals surface area contributed by atoms with Gasteiger partial charge in [0.15, 0.2) is 0 Å². The van der Waals surface area contributed by atoms with Gasteiger partial charge in [0.1, 0.15) is 0 Å². The van der Waals surface area contributed by atoms with Crippen LogP contribution in [0.1, 0.15) is 52.7 Å². The minimum atomic E-state index is 0.0633. The molecular weight excluding hydrogens is 504 g/mol. The molecule has 0 saturated heterocycles. The Balaban J connectivity index is 1.78. The molecule has 0 aliphatic rings. The van der Waals surface area contributed by atoms with E-state index in [1.54, 1.807) is 0 Å². The monoisotopic (exact) mass is 540 g/mol. The van der Waals surface area contributed by atoms with E-state index in [0.29, 0.717) is 0 Å². The fourth-order valence-electron chi connectivity index (χ4n) is 7.22. The molecule has 0 aliphatic heterocycles. The summed E-state index contributed by atoms with van der Waals surface area (Å²) in [5.74, 6) is 0. The molecule has 0 heterocycles. The predicted molar refractivity (Wildman–Crippen MR) is 186 cm³/mol. The maximum absolute atomic E-state index is 2.47. The molecule has 0 bridgehead atoms. The highest BCUT2D eigenvalue weighted by Gasteiger charge is 2.22. The first kappa shape index (κ1) is 25.3. The van der Waals surface area contributed by atoms with Crippen LogP contribution in [0, 0.1) is 0 Å². The van der Waals surface area contributed by atoms with Crippen molar-refractivity contribution in [2.75, 3.05) is 0 Å². The zero-order chi connectivity index (χ0) is 29.0. The average molecular weight is 541 g/mol. The summed E-state index contributed by atoms with van der Waals surface area (Å²) in [6, 6.07) is 41.7. The van der Waals surface area contributed by atoms with Gasteiger partial charge in [0.25, 0.3) is 0 Å². The molecule has 42 heavy (non-hydrogen) atoms. The van der Waals surface area contributed by atoms with Crippen LogP contribution in [-0.2, 0) is 10.8 Å². The van der Waals surface area contributed by atoms with Crippen molar-refractivity contribution in [1.82, 2.24) is 0 Å². The summed E-state index contributed by atoms with van der Waals surface area (Å²) < 4.78 is 0. The quantitative estimate of drug-likeness (QED) is 0.168. The van der Waals surface area contributed by atoms with Crippen LogP contribution in [0.25, 0.3) is 75.4 Å². The van der Waals surface area contributed by atoms with E-state index in [2.05, 4.69) is 151 Å². The molecular formula is C42H36. The van der Waals surface area contributed by atoms with E-state index >= 15 is 0 Å². The van der Waals surface area contributed by atoms with Crippen LogP contribution < -0.4 is 0 Å². The third-order valence-electron chi connectivity index (χ3n) is 9.50. The molecule has 0 N–H and O–H groups in total. The Morgan fingerprint density at radius 1 is 0.310 bits per heavy atom. The molecule has 0 nitrogen and oxygen atoms in total. The van der Waals surface area contributed by atoms with Gasteiger partial charge in [0.05, 0.1) is 0 Å². The summed E-state index contributed by atoms with van der Waals surface area (Å²) in [6.07, 6.45) is 0. The number of benzene rings is 8. The number of hydrogen-bond acceptors (Lipinski definition) is 0. The van der Waals surface area contributed by atoms with E-state index in [-0.39, 0.29) is 10.8 Å². The summed E-state index contributed by atoms with van der Waals surface area (Å²) >= 11 is 0. The lowest BCUT2D eigenvalue weighted by Gasteiger charge is -2.24. The first-order valence-electron chi connectivity index (χ1n) is 15.2. The van der Waals surface area contributed by atoms with Crippen LogP contribution in [-0.4, -0.2) is 0 Å². The Labute approximate surface area is 247 Å². The van der Waals surface area contributed by atoms with Crippen molar-refractivity contribution in [2.24, 2.45) is 0 Å². The van der Waals surface area contributed by atoms with E-state index in [1.165, 1.54) is 86.5 Å². The van der Waals surface area contributed by atoms with Crippen LogP contribution in [0.15, 0.2) is 109 Å². The van der Waals surface area contributed by atoms with Gasteiger partial charge in [-0.1, -0.05) is 139 Å². The van der Waals surface area contributed by atoms with Crippen LogP contribution in [0.2, 0.25) is 0 Å². The normalized spacial score (nSPS) is 13.0. The van der Waals surface area contributed by atoms with Gasteiger partial charge in [-0.2, -0.15) is 0 Å². The van der Waals surface area contributed by atoms with E-state index in [9.17, 15) is 0 Å². The molecule has 0 fully saturated rings. The largest absolute Gasteiger partial charge is 0.0616 e. The first-order valence-corrected chi connectivity index (χ1v) is 15.2. The Hall–Kier alpha value is -4.42. The van der Waals surface area contributed by atoms with Gasteiger partial charge in [-0.15, -0.1) is 0 Å². The molecule has 0 spiro atoms. The molecule has 204 valence electrons. The SMILES string of the molecule is CC(C)(C)c1ccc2c(c1)c1ccc3ccccc3c1c1c3ccc(C(C)(C)C)cc3c3ccc4ccccc4c3c21. The fourth-order valence-corrected chi connectivity index (χ4v) is 7.22. The second-order valence-electron chi connectivity index (χ2n) is 14.2. The van der Waals surface area contributed by atoms with Crippen LogP contribution in [0.5, 0.6) is 0 Å². The Morgan fingerprint density at radius 3 is 1.07 bits per heavy atom. The highest BCUT2D eigenvalue weighted by Crippen LogP contribution is 2.48. The summed E-state index contributed by atoms with van der Waals surface area (Å²) in [7, 11) is 0. The minimum Gasteiger partial charge on any atom is -0.0616 e. The van der Waals surface area contributed by atoms with E-state index in [4.69, 9.17) is 0 Å². The summed E-state index contributed by atoms with van der Waals surface area (Å²) in [5.41, 5.74) is 2.86. The van der Waals surface area contributed by atoms with Crippen molar-refractivity contribution in [2.45, 2.75) is 52.4 Å². The smallest absolute Gasteiger partial charge is 0.000741 e. The average Bonchev–Trinajstić information content (AvgIpc) is 2.98. The highest BCUT2D eigenvalue weighted by atomic mass is 14.3. The Bertz CT molecular complexity index is 2230. The van der Waals surface area contributed by atoms with E-state index < -0.39 is 0 Å². The van der Waals surface area contributed by atoms with Gasteiger partial charge in [-0.05, 0) is 109 Å². The van der Waals surface area contributed by atoms with Crippen LogP contribution >= 0.6 is 0 Å². The van der Waals surface area contributed by atoms with Gasteiger partial charge in [0.2, 0.25) is 0 Å². The number of hydrogen-bond donors (Lipinski definition) is 0. The zero-order valence-corrected chi connectivity index (χ0v) is 25.4. The maximum Gasteiger partial charge on any atom is -0.000741 e. The molecule has 0 radical (unpaired) electrons. The summed E-state index contributed by atoms with van der Waals surface area (Å²) in [4.78, 5) is 0. The second-order valence-corrected chi connectivity index (χ2v) is 14.2. The molecule has 8 rings (SSSR count). The summed E-state index contributed by atoms with van der Waals surface area (Å²) in [6.45, 7) is 13.9. The molecule has 0 aromatic heterocycles. The first-order chi connectivity index (χ1) is 20.1. The molecule has 0 aliphatic carbocycles. The zero-order valence-electron chi connectivity index (χ0n) is 25.4. The topological polar surface area (TPSA) is 0 Å². The summed E-state index contributed by atoms with van der Waals surface area (Å²) in [5, 5.41) is 18.7. The third kappa shape index (κ3) is 3.54. The van der Waals surface area contributed by atoms with Gasteiger partial charge >= 0.3 is 0 Å². The Morgan fingerprint density at radius 2 is 0.667 bits per heavy atom. The molecule has 0 atom stereocenters. The fraction of sp³-hybridized carbons (Fsp3) is 0.190. The highest BCUT2D eigenvalue weighted by molar-refractivity contribution is 6.44. The van der Waals surface area contributed by atoms with E-state index in [1.807, 2.05) is 0 Å². The molecule has 0 heteroatoms. The third-order valence-corrected chi connectivity index (χ3v) is 9.50. The Kier molecular flexibility index (Phi) is 5.15. The predicted octanol–water partition coefficient (Wildman–Crippen LogP) is 12.4. The van der Waals surface area contributed by atoms with Crippen LogP contribution in [0.3, 0.4) is 0 Å². The van der Waals surface area contributed by atoms with Crippen molar-refractivity contribution < 1.29 is 0 Å². The van der Waals surface area contributed by atoms with Crippen molar-refractivity contribution in [3.63, 3.8) is 0 Å². The van der Waals surface area contributed by atoms with Gasteiger partial charge in [0, 0.05) is 0 Å². The van der Waals surface area contributed by atoms with Gasteiger partial charge < -0.3 is 0 Å². The van der Waals surface area contributed by atoms with Gasteiger partial charge in [-0.25, -0.2) is 0 Å². The lowest BCUT2D eigenvalue weighted by atomic mass is 9.80. The van der Waals surface area contributed by atoms with Crippen molar-refractivity contribution >= 4 is 75.4 Å². The number of rotatable bonds is 0. The van der Waals surface area contributed by atoms with Crippen LogP contribution in [0.4, 0.5) is 0 Å². The van der Waals surface area contributed by atoms with Crippen molar-refractivity contribution in [1.29, 1.82) is 0 Å². The second kappa shape index (κ2) is 8.55. The molecule has 8 aromatic carbocycles. The van der Waals surface area contributed by atoms with Gasteiger partial charge in [-0.3, -0.25) is 0 Å². The number of fused-ring (bicyclic) bond motifs is 15. The molecule has 0 amide bonds. The lowest BCUT2D eigenvalue weighted by molar-refractivity contribution is 0.591. The minimum absolute atomic E-state index is 0.0633. The lowest BCUT2D eigenvalue weighted by Crippen LogP contribution is -2.11. The standard InChI is InChI=1S/C42H36/c1-41(2,3)27-17-21-33-35(23-27)31-19-15-25-11-7-9-13-29(25)37(31)40-34-22-18-28(42(4,5)6)24-36(34)32-20-16-26-12-8-10-14-30(26)38(32)39(33)40/h7-24H,1-6H3. The van der Waals surface area contributed by atoms with Crippen molar-refractivity contribution in [3.8, 4) is 0 Å². The molecule has 0 unspecified atom stereocenters. The molecule has 8 aromatic rings. The maximum atomic E-state index is 2.47. The molecule has 0 saturated carbocycles. The van der Waals surface area contributed by atoms with Crippen molar-refractivity contribution in [3.05, 3.63) is 120 Å².